The molecule has 1 unspecified atom stereocenters. The van der Waals surface area contributed by atoms with Crippen molar-refractivity contribution >= 4 is 22.7 Å². The number of nitrogens with one attached hydrogen (secondary N) is 1. The number of furan rings is 1. The van der Waals surface area contributed by atoms with Crippen molar-refractivity contribution in [2.75, 3.05) is 11.1 Å². The largest absolute Gasteiger partial charge is 0.464 e. The topological polar surface area (TPSA) is 103 Å². The Balaban J connectivity index is 1.45. The Morgan fingerprint density at radius 2 is 1.74 bits per heavy atom. The lowest BCUT2D eigenvalue weighted by molar-refractivity contribution is 0.613. The molecular weight excluding hydrogens is 431 g/mol. The van der Waals surface area contributed by atoms with Gasteiger partial charge in [-0.3, -0.25) is 0 Å². The third-order valence-corrected chi connectivity index (χ3v) is 5.69. The van der Waals surface area contributed by atoms with Gasteiger partial charge < -0.3 is 15.5 Å². The minimum Gasteiger partial charge on any atom is -0.464 e. The summed E-state index contributed by atoms with van der Waals surface area (Å²) in [5.74, 6) is 1.12. The molecule has 8 heteroatoms. The van der Waals surface area contributed by atoms with Gasteiger partial charge in [0.1, 0.15) is 23.0 Å². The summed E-state index contributed by atoms with van der Waals surface area (Å²) in [6.07, 6.45) is 4.91. The number of nitrogen functional groups attached to an aromatic ring is 1. The second kappa shape index (κ2) is 8.55. The van der Waals surface area contributed by atoms with Gasteiger partial charge in [0.2, 0.25) is 5.95 Å². The predicted molar refractivity (Wildman–Crippen MR) is 131 cm³/mol. The fraction of sp³-hybridized carbons (Fsp3) is 0.154. The summed E-state index contributed by atoms with van der Waals surface area (Å²) in [6, 6.07) is 12.5. The van der Waals surface area contributed by atoms with Crippen LogP contribution in [0.4, 0.5) is 16.2 Å². The van der Waals surface area contributed by atoms with E-state index in [1.54, 1.807) is 18.7 Å². The Kier molecular flexibility index (Phi) is 5.41. The van der Waals surface area contributed by atoms with Crippen molar-refractivity contribution < 1.29 is 8.81 Å². The number of aryl methyl sites for hydroxylation is 2. The molecule has 3 N–H and O–H groups in total. The van der Waals surface area contributed by atoms with Crippen LogP contribution in [-0.2, 0) is 0 Å². The lowest BCUT2D eigenvalue weighted by Crippen LogP contribution is -2.10. The van der Waals surface area contributed by atoms with Crippen molar-refractivity contribution in [3.8, 4) is 22.4 Å². The zero-order valence-corrected chi connectivity index (χ0v) is 19.0. The first kappa shape index (κ1) is 21.5. The number of aromatic nitrogens is 4. The Hall–Kier alpha value is -4.33. The summed E-state index contributed by atoms with van der Waals surface area (Å²) in [7, 11) is 0. The molecular formula is C26H23FN6O. The first-order valence-electron chi connectivity index (χ1n) is 10.8. The van der Waals surface area contributed by atoms with E-state index in [4.69, 9.17) is 10.2 Å². The Morgan fingerprint density at radius 3 is 2.53 bits per heavy atom. The third-order valence-electron chi connectivity index (χ3n) is 5.69. The van der Waals surface area contributed by atoms with Gasteiger partial charge in [0.05, 0.1) is 18.0 Å². The van der Waals surface area contributed by atoms with Gasteiger partial charge in [0, 0.05) is 35.0 Å². The van der Waals surface area contributed by atoms with E-state index in [1.165, 1.54) is 12.1 Å². The molecule has 3 aromatic heterocycles. The number of benzene rings is 2. The van der Waals surface area contributed by atoms with Gasteiger partial charge in [-0.1, -0.05) is 0 Å². The maximum absolute atomic E-state index is 14.4. The predicted octanol–water partition coefficient (Wildman–Crippen LogP) is 5.86. The zero-order valence-electron chi connectivity index (χ0n) is 19.0. The highest BCUT2D eigenvalue weighted by Crippen LogP contribution is 2.29. The van der Waals surface area contributed by atoms with Gasteiger partial charge in [-0.05, 0) is 73.9 Å². The van der Waals surface area contributed by atoms with Gasteiger partial charge >= 0.3 is 0 Å². The number of fused-ring (bicyclic) bond motifs is 1. The molecule has 34 heavy (non-hydrogen) atoms. The number of hydrogen-bond acceptors (Lipinski definition) is 7. The quantitative estimate of drug-likeness (QED) is 0.343. The molecule has 0 bridgehead atoms. The number of halogens is 1. The van der Waals surface area contributed by atoms with Crippen LogP contribution in [0.25, 0.3) is 33.4 Å². The van der Waals surface area contributed by atoms with Crippen molar-refractivity contribution in [2.45, 2.75) is 26.8 Å². The molecule has 0 aliphatic heterocycles. The molecule has 3 heterocycles. The summed E-state index contributed by atoms with van der Waals surface area (Å²) >= 11 is 0. The van der Waals surface area contributed by atoms with Crippen LogP contribution in [0.1, 0.15) is 29.9 Å². The molecule has 0 saturated heterocycles. The van der Waals surface area contributed by atoms with Crippen molar-refractivity contribution in [3.05, 3.63) is 83.9 Å². The molecule has 0 fully saturated rings. The molecule has 0 amide bonds. The van der Waals surface area contributed by atoms with E-state index in [9.17, 15) is 4.39 Å². The lowest BCUT2D eigenvalue weighted by atomic mass is 10.0. The number of hydrogen-bond donors (Lipinski definition) is 2. The first-order chi connectivity index (χ1) is 16.4. The van der Waals surface area contributed by atoms with E-state index in [0.29, 0.717) is 22.8 Å². The van der Waals surface area contributed by atoms with Crippen LogP contribution in [-0.4, -0.2) is 19.9 Å². The monoisotopic (exact) mass is 454 g/mol. The number of nitrogens with zero attached hydrogens (tertiary/aromatic N) is 4. The van der Waals surface area contributed by atoms with E-state index in [2.05, 4.69) is 31.3 Å². The van der Waals surface area contributed by atoms with Crippen LogP contribution in [0.2, 0.25) is 0 Å². The van der Waals surface area contributed by atoms with Crippen LogP contribution >= 0.6 is 0 Å². The second-order valence-electron chi connectivity index (χ2n) is 8.28. The van der Waals surface area contributed by atoms with E-state index >= 15 is 0 Å². The molecule has 0 saturated carbocycles. The van der Waals surface area contributed by atoms with Gasteiger partial charge in [-0.2, -0.15) is 0 Å². The average Bonchev–Trinajstić information content (AvgIpc) is 3.19. The number of nitrogens with two attached hydrogens (primary N) is 1. The number of rotatable bonds is 5. The highest BCUT2D eigenvalue weighted by molar-refractivity contribution is 5.85. The average molecular weight is 455 g/mol. The fourth-order valence-electron chi connectivity index (χ4n) is 3.93. The summed E-state index contributed by atoms with van der Waals surface area (Å²) in [5, 5.41) is 4.43. The normalized spacial score (nSPS) is 12.1. The van der Waals surface area contributed by atoms with E-state index in [1.807, 2.05) is 45.0 Å². The van der Waals surface area contributed by atoms with Crippen LogP contribution in [0.5, 0.6) is 0 Å². The molecule has 7 nitrogen and oxygen atoms in total. The van der Waals surface area contributed by atoms with Gasteiger partial charge in [-0.25, -0.2) is 24.3 Å². The van der Waals surface area contributed by atoms with E-state index in [-0.39, 0.29) is 17.8 Å². The van der Waals surface area contributed by atoms with Crippen LogP contribution in [0.15, 0.2) is 65.5 Å². The highest BCUT2D eigenvalue weighted by Gasteiger charge is 2.13. The second-order valence-corrected chi connectivity index (χ2v) is 8.28. The van der Waals surface area contributed by atoms with E-state index < -0.39 is 0 Å². The smallest absolute Gasteiger partial charge is 0.219 e. The molecule has 170 valence electrons. The van der Waals surface area contributed by atoms with Crippen LogP contribution in [0, 0.1) is 19.7 Å². The number of anilines is 2. The van der Waals surface area contributed by atoms with Crippen LogP contribution in [0.3, 0.4) is 0 Å². The van der Waals surface area contributed by atoms with Gasteiger partial charge in [0.15, 0.2) is 0 Å². The first-order valence-corrected chi connectivity index (χ1v) is 10.8. The molecule has 2 aromatic carbocycles. The Bertz CT molecular complexity index is 1500. The summed E-state index contributed by atoms with van der Waals surface area (Å²) in [4.78, 5) is 17.2. The maximum Gasteiger partial charge on any atom is 0.219 e. The van der Waals surface area contributed by atoms with Gasteiger partial charge in [0.25, 0.3) is 0 Å². The molecule has 5 aromatic rings. The molecule has 0 radical (unpaired) electrons. The third kappa shape index (κ3) is 4.30. The fourth-order valence-corrected chi connectivity index (χ4v) is 3.93. The minimum atomic E-state index is -0.346. The molecule has 0 aliphatic rings. The van der Waals surface area contributed by atoms with Crippen molar-refractivity contribution in [1.29, 1.82) is 0 Å². The lowest BCUT2D eigenvalue weighted by Gasteiger charge is -2.17. The Morgan fingerprint density at radius 1 is 0.941 bits per heavy atom. The summed E-state index contributed by atoms with van der Waals surface area (Å²) < 4.78 is 20.0. The summed E-state index contributed by atoms with van der Waals surface area (Å²) in [6.45, 7) is 5.82. The van der Waals surface area contributed by atoms with Crippen molar-refractivity contribution in [3.63, 3.8) is 0 Å². The van der Waals surface area contributed by atoms with E-state index in [0.717, 1.165) is 33.4 Å². The van der Waals surface area contributed by atoms with Crippen molar-refractivity contribution in [2.24, 2.45) is 0 Å². The molecule has 5 rings (SSSR count). The highest BCUT2D eigenvalue weighted by atomic mass is 19.1. The SMILES string of the molecule is Cc1nc(NC(C)c2cc(F)cc(-c3cnc(N)nc3)c2)cc(-c2ccc3occ(C)c3c2)n1. The minimum absolute atomic E-state index is 0.174. The van der Waals surface area contributed by atoms with Crippen molar-refractivity contribution in [1.82, 2.24) is 19.9 Å². The Labute approximate surface area is 195 Å². The maximum atomic E-state index is 14.4. The standard InChI is InChI=1S/C26H23FN6O/c1-14-13-34-24-5-4-17(9-22(14)24)23-10-25(33-16(3)32-23)31-15(2)18-6-19(8-21(27)7-18)20-11-29-26(28)30-12-20/h4-13,15H,1-3H3,(H2,28,29,30)(H,31,32,33). The van der Waals surface area contributed by atoms with Crippen LogP contribution < -0.4 is 11.1 Å². The zero-order chi connectivity index (χ0) is 23.8. The summed E-state index contributed by atoms with van der Waals surface area (Å²) in [5.41, 5.74) is 11.4. The molecule has 1 atom stereocenters. The molecule has 0 aliphatic carbocycles. The van der Waals surface area contributed by atoms with Gasteiger partial charge in [-0.15, -0.1) is 0 Å². The molecule has 0 spiro atoms.